The molecule has 9 nitrogen and oxygen atoms in total. The van der Waals surface area contributed by atoms with Gasteiger partial charge < -0.3 is 5.32 Å². The Morgan fingerprint density at radius 3 is 2.55 bits per heavy atom. The summed E-state index contributed by atoms with van der Waals surface area (Å²) in [6.45, 7) is 3.75. The fourth-order valence-corrected chi connectivity index (χ4v) is 6.34. The highest BCUT2D eigenvalue weighted by Gasteiger charge is 2.22. The number of pyridine rings is 1. The van der Waals surface area contributed by atoms with E-state index in [-0.39, 0.29) is 10.8 Å². The molecule has 0 unspecified atom stereocenters. The maximum atomic E-state index is 13.4. The number of rotatable bonds is 5. The zero-order valence-electron chi connectivity index (χ0n) is 20.7. The molecule has 0 atom stereocenters. The number of thiazole rings is 1. The molecular formula is C27H22N6O3S2. The number of amides is 1. The molecule has 0 spiro atoms. The van der Waals surface area contributed by atoms with Crippen molar-refractivity contribution in [1.82, 2.24) is 23.7 Å². The summed E-state index contributed by atoms with van der Waals surface area (Å²) in [6, 6.07) is 14.1. The molecule has 6 rings (SSSR count). The lowest BCUT2D eigenvalue weighted by atomic mass is 10.0. The smallest absolute Gasteiger partial charge is 0.275 e. The molecule has 6 aromatic rings. The molecule has 0 aliphatic rings. The summed E-state index contributed by atoms with van der Waals surface area (Å²) in [7, 11) is -2.02. The zero-order valence-corrected chi connectivity index (χ0v) is 22.3. The van der Waals surface area contributed by atoms with E-state index in [2.05, 4.69) is 20.4 Å². The average molecular weight is 543 g/mol. The third-order valence-corrected chi connectivity index (χ3v) is 8.86. The number of nitrogens with one attached hydrogen (secondary N) is 1. The molecule has 38 heavy (non-hydrogen) atoms. The van der Waals surface area contributed by atoms with Crippen molar-refractivity contribution in [2.45, 2.75) is 18.7 Å². The van der Waals surface area contributed by atoms with Gasteiger partial charge >= 0.3 is 0 Å². The van der Waals surface area contributed by atoms with Gasteiger partial charge in [0.1, 0.15) is 5.69 Å². The summed E-state index contributed by atoms with van der Waals surface area (Å²) < 4.78 is 29.8. The van der Waals surface area contributed by atoms with Crippen LogP contribution in [0.5, 0.6) is 0 Å². The third kappa shape index (κ3) is 3.96. The second-order valence-electron chi connectivity index (χ2n) is 8.96. The average Bonchev–Trinajstić information content (AvgIpc) is 3.63. The van der Waals surface area contributed by atoms with Crippen LogP contribution in [0.25, 0.3) is 33.1 Å². The van der Waals surface area contributed by atoms with E-state index in [9.17, 15) is 13.2 Å². The molecule has 11 heteroatoms. The molecule has 2 aromatic carbocycles. The van der Waals surface area contributed by atoms with E-state index < -0.39 is 10.0 Å². The molecule has 0 bridgehead atoms. The second-order valence-corrected chi connectivity index (χ2v) is 11.8. The Labute approximate surface area is 222 Å². The third-order valence-electron chi connectivity index (χ3n) is 6.41. The molecule has 0 aliphatic heterocycles. The van der Waals surface area contributed by atoms with Crippen LogP contribution in [-0.2, 0) is 17.1 Å². The topological polar surface area (TPSA) is 112 Å². The Balaban J connectivity index is 1.48. The Morgan fingerprint density at radius 1 is 1.03 bits per heavy atom. The normalized spacial score (nSPS) is 11.9. The number of fused-ring (bicyclic) bond motifs is 2. The first-order valence-electron chi connectivity index (χ1n) is 11.7. The minimum atomic E-state index is -3.85. The standard InChI is InChI=1S/C27H22N6O3S2/c1-16-4-6-19(7-5-16)38(35,36)33-11-9-21-20(8-10-28-26(21)33)18-12-23(22-14-29-32(3)25(22)13-18)31-27(34)24-15-37-17(2)30-24/h4-15H,1-3H3,(H,31,34). The van der Waals surface area contributed by atoms with Crippen molar-refractivity contribution in [3.05, 3.63) is 88.8 Å². The first-order chi connectivity index (χ1) is 18.2. The number of hydrogen-bond acceptors (Lipinski definition) is 7. The fraction of sp³-hybridized carbons (Fsp3) is 0.111. The summed E-state index contributed by atoms with van der Waals surface area (Å²) in [5.74, 6) is -0.313. The Bertz CT molecular complexity index is 1970. The summed E-state index contributed by atoms with van der Waals surface area (Å²) in [6.07, 6.45) is 4.81. The maximum Gasteiger partial charge on any atom is 0.275 e. The molecule has 0 radical (unpaired) electrons. The maximum absolute atomic E-state index is 13.4. The first kappa shape index (κ1) is 24.0. The van der Waals surface area contributed by atoms with Crippen LogP contribution in [0.2, 0.25) is 0 Å². The fourth-order valence-electron chi connectivity index (χ4n) is 4.45. The minimum Gasteiger partial charge on any atom is -0.320 e. The van der Waals surface area contributed by atoms with Gasteiger partial charge in [-0.15, -0.1) is 11.3 Å². The number of benzene rings is 2. The monoisotopic (exact) mass is 542 g/mol. The predicted molar refractivity (Wildman–Crippen MR) is 148 cm³/mol. The Hall–Kier alpha value is -4.35. The van der Waals surface area contributed by atoms with Gasteiger partial charge in [0, 0.05) is 35.6 Å². The van der Waals surface area contributed by atoms with Gasteiger partial charge in [-0.1, -0.05) is 17.7 Å². The summed E-state index contributed by atoms with van der Waals surface area (Å²) >= 11 is 1.41. The van der Waals surface area contributed by atoms with Crippen molar-refractivity contribution in [3.8, 4) is 11.1 Å². The van der Waals surface area contributed by atoms with Gasteiger partial charge in [-0.05, 0) is 61.4 Å². The highest BCUT2D eigenvalue weighted by molar-refractivity contribution is 7.90. The van der Waals surface area contributed by atoms with Crippen molar-refractivity contribution >= 4 is 54.9 Å². The van der Waals surface area contributed by atoms with Gasteiger partial charge in [-0.3, -0.25) is 9.48 Å². The summed E-state index contributed by atoms with van der Waals surface area (Å²) in [5.41, 5.74) is 4.58. The molecule has 4 heterocycles. The lowest BCUT2D eigenvalue weighted by Gasteiger charge is -2.11. The number of aromatic nitrogens is 5. The molecular weight excluding hydrogens is 520 g/mol. The molecule has 1 amide bonds. The highest BCUT2D eigenvalue weighted by Crippen LogP contribution is 2.35. The van der Waals surface area contributed by atoms with Crippen molar-refractivity contribution in [2.24, 2.45) is 7.05 Å². The van der Waals surface area contributed by atoms with Crippen LogP contribution >= 0.6 is 11.3 Å². The van der Waals surface area contributed by atoms with Crippen LogP contribution in [0.1, 0.15) is 21.1 Å². The number of hydrogen-bond donors (Lipinski definition) is 1. The number of carbonyl (C=O) groups excluding carboxylic acids is 1. The molecule has 0 aliphatic carbocycles. The van der Waals surface area contributed by atoms with Gasteiger partial charge in [0.25, 0.3) is 15.9 Å². The van der Waals surface area contributed by atoms with Crippen LogP contribution in [0.4, 0.5) is 5.69 Å². The quantitative estimate of drug-likeness (QED) is 0.322. The lowest BCUT2D eigenvalue weighted by molar-refractivity contribution is 0.102. The van der Waals surface area contributed by atoms with Crippen LogP contribution in [-0.4, -0.2) is 38.0 Å². The van der Waals surface area contributed by atoms with E-state index in [1.165, 1.54) is 21.5 Å². The van der Waals surface area contributed by atoms with E-state index in [0.29, 0.717) is 22.4 Å². The predicted octanol–water partition coefficient (Wildman–Crippen LogP) is 5.15. The zero-order chi connectivity index (χ0) is 26.6. The van der Waals surface area contributed by atoms with Gasteiger partial charge in [-0.25, -0.2) is 22.4 Å². The largest absolute Gasteiger partial charge is 0.320 e. The number of aryl methyl sites for hydroxylation is 3. The number of anilines is 1. The lowest BCUT2D eigenvalue weighted by Crippen LogP contribution is -2.13. The molecule has 0 saturated heterocycles. The van der Waals surface area contributed by atoms with Crippen LogP contribution in [0, 0.1) is 13.8 Å². The van der Waals surface area contributed by atoms with Crippen molar-refractivity contribution in [3.63, 3.8) is 0 Å². The molecule has 4 aromatic heterocycles. The van der Waals surface area contributed by atoms with Gasteiger partial charge in [-0.2, -0.15) is 5.10 Å². The van der Waals surface area contributed by atoms with Crippen molar-refractivity contribution < 1.29 is 13.2 Å². The van der Waals surface area contributed by atoms with Crippen molar-refractivity contribution in [2.75, 3.05) is 5.32 Å². The second kappa shape index (κ2) is 8.89. The summed E-state index contributed by atoms with van der Waals surface area (Å²) in [4.78, 5) is 21.8. The Morgan fingerprint density at radius 2 is 1.82 bits per heavy atom. The number of nitrogens with zero attached hydrogens (tertiary/aromatic N) is 5. The SMILES string of the molecule is Cc1ccc(S(=O)(=O)n2ccc3c(-c4cc(NC(=O)c5csc(C)n5)c5cnn(C)c5c4)ccnc32)cc1. The van der Waals surface area contributed by atoms with Gasteiger partial charge in [0.2, 0.25) is 0 Å². The molecule has 0 fully saturated rings. The van der Waals surface area contributed by atoms with E-state index in [0.717, 1.165) is 32.6 Å². The van der Waals surface area contributed by atoms with Crippen LogP contribution < -0.4 is 5.32 Å². The van der Waals surface area contributed by atoms with Gasteiger partial charge in [0.15, 0.2) is 5.65 Å². The molecule has 1 N–H and O–H groups in total. The molecule has 0 saturated carbocycles. The highest BCUT2D eigenvalue weighted by atomic mass is 32.2. The summed E-state index contributed by atoms with van der Waals surface area (Å²) in [5, 5.41) is 11.3. The van der Waals surface area contributed by atoms with E-state index in [4.69, 9.17) is 0 Å². The first-order valence-corrected chi connectivity index (χ1v) is 14.0. The van der Waals surface area contributed by atoms with Gasteiger partial charge in [0.05, 0.1) is 27.3 Å². The number of carbonyl (C=O) groups is 1. The van der Waals surface area contributed by atoms with E-state index >= 15 is 0 Å². The van der Waals surface area contributed by atoms with E-state index in [1.54, 1.807) is 52.8 Å². The van der Waals surface area contributed by atoms with Crippen LogP contribution in [0.3, 0.4) is 0 Å². The van der Waals surface area contributed by atoms with E-state index in [1.807, 2.05) is 39.1 Å². The van der Waals surface area contributed by atoms with Crippen LogP contribution in [0.15, 0.2) is 77.4 Å². The van der Waals surface area contributed by atoms with Crippen molar-refractivity contribution in [1.29, 1.82) is 0 Å². The minimum absolute atomic E-state index is 0.186. The molecule has 190 valence electrons. The Kier molecular flexibility index (Phi) is 5.62.